The van der Waals surface area contributed by atoms with E-state index in [1.807, 2.05) is 10.7 Å². The number of halogens is 2. The minimum absolute atomic E-state index is 0.199. The van der Waals surface area contributed by atoms with Crippen molar-refractivity contribution in [3.05, 3.63) is 28.6 Å². The zero-order chi connectivity index (χ0) is 10.9. The zero-order valence-electron chi connectivity index (χ0n) is 8.58. The summed E-state index contributed by atoms with van der Waals surface area (Å²) in [6.45, 7) is 0. The van der Waals surface area contributed by atoms with Crippen LogP contribution in [0.2, 0.25) is 0 Å². The van der Waals surface area contributed by atoms with Crippen LogP contribution in [0, 0.1) is 11.7 Å². The first-order chi connectivity index (χ1) is 7.70. The SMILES string of the molecule is Fc1c(Br)ccc2c1cnn2C12CC(C1)C2. The molecule has 1 heterocycles. The second-order valence-electron chi connectivity index (χ2n) is 5.05. The molecule has 0 atom stereocenters. The number of rotatable bonds is 1. The van der Waals surface area contributed by atoms with Crippen LogP contribution in [0.5, 0.6) is 0 Å². The van der Waals surface area contributed by atoms with E-state index in [4.69, 9.17) is 0 Å². The fraction of sp³-hybridized carbons (Fsp3) is 0.417. The van der Waals surface area contributed by atoms with Gasteiger partial charge in [0.05, 0.1) is 27.1 Å². The molecule has 3 aliphatic rings. The fourth-order valence-electron chi connectivity index (χ4n) is 3.11. The average Bonchev–Trinajstić information content (AvgIpc) is 2.52. The van der Waals surface area contributed by atoms with Crippen LogP contribution in [0.4, 0.5) is 4.39 Å². The highest BCUT2D eigenvalue weighted by atomic mass is 79.9. The molecule has 3 saturated carbocycles. The lowest BCUT2D eigenvalue weighted by Crippen LogP contribution is -2.59. The van der Waals surface area contributed by atoms with Gasteiger partial charge in [-0.05, 0) is 53.2 Å². The Morgan fingerprint density at radius 2 is 2.12 bits per heavy atom. The van der Waals surface area contributed by atoms with Crippen LogP contribution < -0.4 is 0 Å². The number of hydrogen-bond acceptors (Lipinski definition) is 1. The number of aromatic nitrogens is 2. The lowest BCUT2D eigenvalue weighted by Gasteiger charge is -2.61. The standard InChI is InChI=1S/C12H10BrFN2/c13-9-1-2-10-8(11(9)14)6-15-16(10)12-3-7(4-12)5-12/h1-2,6-7H,3-5H2. The molecule has 1 aromatic heterocycles. The third kappa shape index (κ3) is 0.902. The molecule has 82 valence electrons. The van der Waals surface area contributed by atoms with E-state index < -0.39 is 0 Å². The van der Waals surface area contributed by atoms with E-state index in [1.54, 1.807) is 12.3 Å². The molecule has 2 aromatic rings. The van der Waals surface area contributed by atoms with Crippen LogP contribution in [0.1, 0.15) is 19.3 Å². The van der Waals surface area contributed by atoms with Crippen LogP contribution in [-0.4, -0.2) is 9.78 Å². The van der Waals surface area contributed by atoms with Crippen molar-refractivity contribution >= 4 is 26.8 Å². The molecule has 0 radical (unpaired) electrons. The summed E-state index contributed by atoms with van der Waals surface area (Å²) in [4.78, 5) is 0. The Balaban J connectivity index is 1.98. The summed E-state index contributed by atoms with van der Waals surface area (Å²) in [5, 5.41) is 5.01. The highest BCUT2D eigenvalue weighted by Crippen LogP contribution is 2.62. The van der Waals surface area contributed by atoms with Gasteiger partial charge in [0.15, 0.2) is 0 Å². The van der Waals surface area contributed by atoms with E-state index in [0.29, 0.717) is 9.86 Å². The molecule has 0 unspecified atom stereocenters. The topological polar surface area (TPSA) is 17.8 Å². The summed E-state index contributed by atoms with van der Waals surface area (Å²) in [6, 6.07) is 3.72. The van der Waals surface area contributed by atoms with E-state index in [9.17, 15) is 4.39 Å². The van der Waals surface area contributed by atoms with Gasteiger partial charge >= 0.3 is 0 Å². The van der Waals surface area contributed by atoms with Gasteiger partial charge in [-0.15, -0.1) is 0 Å². The molecule has 0 amide bonds. The molecule has 0 saturated heterocycles. The first-order valence-electron chi connectivity index (χ1n) is 5.52. The Morgan fingerprint density at radius 1 is 1.38 bits per heavy atom. The molecular formula is C12H10BrFN2. The maximum absolute atomic E-state index is 13.8. The van der Waals surface area contributed by atoms with Crippen LogP contribution in [0.3, 0.4) is 0 Å². The third-order valence-electron chi connectivity index (χ3n) is 4.10. The van der Waals surface area contributed by atoms with Crippen molar-refractivity contribution in [1.82, 2.24) is 9.78 Å². The van der Waals surface area contributed by atoms with E-state index >= 15 is 0 Å². The van der Waals surface area contributed by atoms with Gasteiger partial charge in [-0.3, -0.25) is 4.68 Å². The molecule has 0 aliphatic heterocycles. The quantitative estimate of drug-likeness (QED) is 0.782. The summed E-state index contributed by atoms with van der Waals surface area (Å²) in [5.41, 5.74) is 1.16. The van der Waals surface area contributed by atoms with Crippen molar-refractivity contribution in [2.45, 2.75) is 24.8 Å². The van der Waals surface area contributed by atoms with Crippen LogP contribution in [-0.2, 0) is 5.54 Å². The van der Waals surface area contributed by atoms with E-state index in [-0.39, 0.29) is 11.4 Å². The van der Waals surface area contributed by atoms with Crippen LogP contribution >= 0.6 is 15.9 Å². The minimum Gasteiger partial charge on any atom is -0.259 e. The van der Waals surface area contributed by atoms with E-state index in [1.165, 1.54) is 19.3 Å². The summed E-state index contributed by atoms with van der Waals surface area (Å²) in [6.07, 6.45) is 5.32. The van der Waals surface area contributed by atoms with Crippen molar-refractivity contribution in [3.8, 4) is 0 Å². The zero-order valence-corrected chi connectivity index (χ0v) is 10.2. The molecule has 16 heavy (non-hydrogen) atoms. The number of fused-ring (bicyclic) bond motifs is 1. The van der Waals surface area contributed by atoms with Crippen LogP contribution in [0.15, 0.2) is 22.8 Å². The van der Waals surface area contributed by atoms with Gasteiger partial charge in [0.25, 0.3) is 0 Å². The first-order valence-corrected chi connectivity index (χ1v) is 6.31. The molecule has 2 nitrogen and oxygen atoms in total. The second kappa shape index (κ2) is 2.67. The maximum Gasteiger partial charge on any atom is 0.148 e. The largest absolute Gasteiger partial charge is 0.259 e. The molecule has 1 aromatic carbocycles. The summed E-state index contributed by atoms with van der Waals surface area (Å²) < 4.78 is 16.4. The van der Waals surface area contributed by atoms with Gasteiger partial charge < -0.3 is 0 Å². The Labute approximate surface area is 101 Å². The average molecular weight is 281 g/mol. The lowest BCUT2D eigenvalue weighted by molar-refractivity contribution is -0.0944. The Hall–Kier alpha value is -0.900. The van der Waals surface area contributed by atoms with Crippen molar-refractivity contribution in [1.29, 1.82) is 0 Å². The molecule has 0 N–H and O–H groups in total. The molecule has 3 aliphatic carbocycles. The normalized spacial score (nSPS) is 31.2. The van der Waals surface area contributed by atoms with Crippen molar-refractivity contribution in [3.63, 3.8) is 0 Å². The fourth-order valence-corrected chi connectivity index (χ4v) is 3.46. The van der Waals surface area contributed by atoms with E-state index in [0.717, 1.165) is 11.4 Å². The monoisotopic (exact) mass is 280 g/mol. The number of nitrogens with zero attached hydrogens (tertiary/aromatic N) is 2. The minimum atomic E-state index is -0.199. The first kappa shape index (κ1) is 9.16. The van der Waals surface area contributed by atoms with Gasteiger partial charge in [0.1, 0.15) is 5.82 Å². The van der Waals surface area contributed by atoms with Crippen LogP contribution in [0.25, 0.3) is 10.9 Å². The highest BCUT2D eigenvalue weighted by molar-refractivity contribution is 9.10. The van der Waals surface area contributed by atoms with Gasteiger partial charge in [-0.2, -0.15) is 5.10 Å². The second-order valence-corrected chi connectivity index (χ2v) is 5.91. The maximum atomic E-state index is 13.8. The predicted octanol–water partition coefficient (Wildman–Crippen LogP) is 3.45. The smallest absolute Gasteiger partial charge is 0.148 e. The Morgan fingerprint density at radius 3 is 2.75 bits per heavy atom. The van der Waals surface area contributed by atoms with Crippen molar-refractivity contribution in [2.24, 2.45) is 5.92 Å². The number of hydrogen-bond donors (Lipinski definition) is 0. The molecule has 0 spiro atoms. The molecule has 4 heteroatoms. The molecule has 3 fully saturated rings. The van der Waals surface area contributed by atoms with Gasteiger partial charge in [-0.25, -0.2) is 4.39 Å². The van der Waals surface area contributed by atoms with Crippen molar-refractivity contribution < 1.29 is 4.39 Å². The summed E-state index contributed by atoms with van der Waals surface area (Å²) in [5.74, 6) is 0.704. The molecule has 5 rings (SSSR count). The Kier molecular flexibility index (Phi) is 1.53. The Bertz CT molecular complexity index is 587. The van der Waals surface area contributed by atoms with Crippen molar-refractivity contribution in [2.75, 3.05) is 0 Å². The lowest BCUT2D eigenvalue weighted by atomic mass is 9.50. The summed E-state index contributed by atoms with van der Waals surface area (Å²) >= 11 is 3.20. The van der Waals surface area contributed by atoms with Gasteiger partial charge in [-0.1, -0.05) is 0 Å². The molecular weight excluding hydrogens is 271 g/mol. The third-order valence-corrected chi connectivity index (χ3v) is 4.71. The highest BCUT2D eigenvalue weighted by Gasteiger charge is 2.59. The van der Waals surface area contributed by atoms with Gasteiger partial charge in [0.2, 0.25) is 0 Å². The predicted molar refractivity (Wildman–Crippen MR) is 62.7 cm³/mol. The summed E-state index contributed by atoms with van der Waals surface area (Å²) in [7, 11) is 0. The van der Waals surface area contributed by atoms with E-state index in [2.05, 4.69) is 21.0 Å². The number of benzene rings is 1. The molecule has 2 bridgehead atoms. The van der Waals surface area contributed by atoms with Gasteiger partial charge in [0, 0.05) is 0 Å².